The Bertz CT molecular complexity index is 716. The van der Waals surface area contributed by atoms with Crippen molar-refractivity contribution in [3.05, 3.63) is 59.9 Å². The molecule has 2 rings (SSSR count). The minimum atomic E-state index is -0.305. The van der Waals surface area contributed by atoms with E-state index < -0.39 is 0 Å². The molecule has 0 radical (unpaired) electrons. The lowest BCUT2D eigenvalue weighted by Crippen LogP contribution is -2.41. The molecule has 140 valence electrons. The fourth-order valence-corrected chi connectivity index (χ4v) is 2.37. The molecule has 0 spiro atoms. The number of nitrogens with one attached hydrogen (secondary N) is 2. The van der Waals surface area contributed by atoms with Gasteiger partial charge in [-0.2, -0.15) is 0 Å². The van der Waals surface area contributed by atoms with Crippen LogP contribution in [-0.2, 0) is 6.54 Å². The third-order valence-electron chi connectivity index (χ3n) is 3.83. The minimum absolute atomic E-state index is 0.130. The number of nitrogens with zero attached hydrogens (tertiary/aromatic N) is 2. The second-order valence-corrected chi connectivity index (χ2v) is 6.25. The molecule has 1 atom stereocenters. The van der Waals surface area contributed by atoms with E-state index in [0.29, 0.717) is 24.8 Å². The van der Waals surface area contributed by atoms with Crippen LogP contribution in [0.1, 0.15) is 12.5 Å². The second kappa shape index (κ2) is 9.65. The Morgan fingerprint density at radius 3 is 2.50 bits per heavy atom. The fourth-order valence-electron chi connectivity index (χ4n) is 2.37. The number of hydrogen-bond donors (Lipinski definition) is 2. The Morgan fingerprint density at radius 1 is 1.15 bits per heavy atom. The van der Waals surface area contributed by atoms with Crippen molar-refractivity contribution in [1.29, 1.82) is 0 Å². The first-order chi connectivity index (χ1) is 12.5. The topological polar surface area (TPSA) is 48.9 Å². The smallest absolute Gasteiger partial charge is 0.191 e. The third kappa shape index (κ3) is 6.27. The largest absolute Gasteiger partial charge is 0.489 e. The summed E-state index contributed by atoms with van der Waals surface area (Å²) in [5.41, 5.74) is 2.34. The molecule has 0 bridgehead atoms. The van der Waals surface area contributed by atoms with Crippen LogP contribution in [-0.4, -0.2) is 39.8 Å². The zero-order valence-corrected chi connectivity index (χ0v) is 15.8. The molecule has 0 aromatic heterocycles. The number of hydrogen-bond acceptors (Lipinski definition) is 3. The van der Waals surface area contributed by atoms with Gasteiger partial charge in [-0.25, -0.2) is 4.39 Å². The van der Waals surface area contributed by atoms with Crippen molar-refractivity contribution in [1.82, 2.24) is 10.6 Å². The Balaban J connectivity index is 1.78. The summed E-state index contributed by atoms with van der Waals surface area (Å²) in [6.07, 6.45) is -0.130. The van der Waals surface area contributed by atoms with Gasteiger partial charge in [0.05, 0.1) is 6.54 Å². The van der Waals surface area contributed by atoms with Crippen LogP contribution in [0, 0.1) is 5.82 Å². The predicted molar refractivity (Wildman–Crippen MR) is 105 cm³/mol. The quantitative estimate of drug-likeness (QED) is 0.590. The molecule has 1 unspecified atom stereocenters. The van der Waals surface area contributed by atoms with Gasteiger partial charge >= 0.3 is 0 Å². The molecule has 2 N–H and O–H groups in total. The van der Waals surface area contributed by atoms with Crippen LogP contribution in [0.4, 0.5) is 10.1 Å². The van der Waals surface area contributed by atoms with Gasteiger partial charge in [0, 0.05) is 39.4 Å². The van der Waals surface area contributed by atoms with Crippen LogP contribution in [0.15, 0.2) is 53.5 Å². The van der Waals surface area contributed by atoms with E-state index in [9.17, 15) is 4.39 Å². The van der Waals surface area contributed by atoms with Crippen LogP contribution in [0.3, 0.4) is 0 Å². The third-order valence-corrected chi connectivity index (χ3v) is 3.83. The Kier molecular flexibility index (Phi) is 7.26. The lowest BCUT2D eigenvalue weighted by molar-refractivity contribution is 0.223. The number of guanidine groups is 1. The lowest BCUT2D eigenvalue weighted by atomic mass is 10.2. The molecule has 0 amide bonds. The number of halogens is 1. The van der Waals surface area contributed by atoms with E-state index in [1.165, 1.54) is 23.4 Å². The minimum Gasteiger partial charge on any atom is -0.489 e. The van der Waals surface area contributed by atoms with Gasteiger partial charge in [0.1, 0.15) is 17.7 Å². The highest BCUT2D eigenvalue weighted by Gasteiger charge is 2.06. The average Bonchev–Trinajstić information content (AvgIpc) is 2.62. The number of ether oxygens (including phenoxy) is 1. The number of benzene rings is 2. The van der Waals surface area contributed by atoms with E-state index in [2.05, 4.69) is 44.8 Å². The Labute approximate surface area is 154 Å². The molecule has 0 aliphatic heterocycles. The van der Waals surface area contributed by atoms with E-state index >= 15 is 0 Å². The molecule has 0 heterocycles. The first-order valence-electron chi connectivity index (χ1n) is 8.61. The molecule has 0 fully saturated rings. The SMILES string of the molecule is CN=C(NCc1ccc(N(C)C)cc1)NCC(C)Oc1cccc(F)c1. The zero-order chi connectivity index (χ0) is 18.9. The Morgan fingerprint density at radius 2 is 1.88 bits per heavy atom. The zero-order valence-electron chi connectivity index (χ0n) is 15.8. The summed E-state index contributed by atoms with van der Waals surface area (Å²) < 4.78 is 18.9. The summed E-state index contributed by atoms with van der Waals surface area (Å²) in [4.78, 5) is 6.28. The van der Waals surface area contributed by atoms with Gasteiger partial charge in [0.25, 0.3) is 0 Å². The normalized spacial score (nSPS) is 12.4. The van der Waals surface area contributed by atoms with Crippen LogP contribution in [0.25, 0.3) is 0 Å². The van der Waals surface area contributed by atoms with Gasteiger partial charge in [-0.05, 0) is 36.8 Å². The standard InChI is InChI=1S/C20H27FN4O/c1-15(26-19-7-5-6-17(21)12-19)13-23-20(22-2)24-14-16-8-10-18(11-9-16)25(3)4/h5-12,15H,13-14H2,1-4H3,(H2,22,23,24). The molecule has 0 aliphatic rings. The van der Waals surface area contributed by atoms with Crippen LogP contribution < -0.4 is 20.3 Å². The molecule has 5 nitrogen and oxygen atoms in total. The molecule has 0 aliphatic carbocycles. The van der Waals surface area contributed by atoms with Crippen molar-refractivity contribution in [3.8, 4) is 5.75 Å². The van der Waals surface area contributed by atoms with Crippen molar-refractivity contribution in [2.75, 3.05) is 32.6 Å². The van der Waals surface area contributed by atoms with E-state index in [1.807, 2.05) is 21.0 Å². The maximum Gasteiger partial charge on any atom is 0.191 e. The Hall–Kier alpha value is -2.76. The van der Waals surface area contributed by atoms with E-state index in [4.69, 9.17) is 4.74 Å². The maximum absolute atomic E-state index is 13.2. The van der Waals surface area contributed by atoms with Gasteiger partial charge in [-0.3, -0.25) is 4.99 Å². The second-order valence-electron chi connectivity index (χ2n) is 6.25. The van der Waals surface area contributed by atoms with Crippen LogP contribution >= 0.6 is 0 Å². The summed E-state index contributed by atoms with van der Waals surface area (Å²) >= 11 is 0. The molecule has 6 heteroatoms. The first kappa shape index (κ1) is 19.6. The van der Waals surface area contributed by atoms with Gasteiger partial charge in [-0.1, -0.05) is 18.2 Å². The van der Waals surface area contributed by atoms with E-state index in [-0.39, 0.29) is 11.9 Å². The monoisotopic (exact) mass is 358 g/mol. The molecule has 2 aromatic carbocycles. The van der Waals surface area contributed by atoms with E-state index in [1.54, 1.807) is 19.2 Å². The highest BCUT2D eigenvalue weighted by atomic mass is 19.1. The molecule has 0 saturated carbocycles. The van der Waals surface area contributed by atoms with Crippen molar-refractivity contribution in [2.24, 2.45) is 4.99 Å². The highest BCUT2D eigenvalue weighted by molar-refractivity contribution is 5.79. The predicted octanol–water partition coefficient (Wildman–Crippen LogP) is 3.02. The molecule has 26 heavy (non-hydrogen) atoms. The van der Waals surface area contributed by atoms with Crippen molar-refractivity contribution >= 4 is 11.6 Å². The van der Waals surface area contributed by atoms with Crippen LogP contribution in [0.2, 0.25) is 0 Å². The van der Waals surface area contributed by atoms with Crippen molar-refractivity contribution in [2.45, 2.75) is 19.6 Å². The summed E-state index contributed by atoms with van der Waals surface area (Å²) in [7, 11) is 5.76. The van der Waals surface area contributed by atoms with Gasteiger partial charge in [0.15, 0.2) is 5.96 Å². The van der Waals surface area contributed by atoms with Gasteiger partial charge in [0.2, 0.25) is 0 Å². The number of rotatable bonds is 7. The lowest BCUT2D eigenvalue weighted by Gasteiger charge is -2.18. The summed E-state index contributed by atoms with van der Waals surface area (Å²) in [6.45, 7) is 3.15. The first-order valence-corrected chi connectivity index (χ1v) is 8.61. The summed E-state index contributed by atoms with van der Waals surface area (Å²) in [5, 5.41) is 6.49. The molecule has 0 saturated heterocycles. The number of anilines is 1. The van der Waals surface area contributed by atoms with Gasteiger partial charge in [-0.15, -0.1) is 0 Å². The highest BCUT2D eigenvalue weighted by Crippen LogP contribution is 2.14. The number of aliphatic imine (C=N–C) groups is 1. The summed E-state index contributed by atoms with van der Waals surface area (Å²) in [5.74, 6) is 0.903. The molecular formula is C20H27FN4O. The van der Waals surface area contributed by atoms with Gasteiger partial charge < -0.3 is 20.3 Å². The molecular weight excluding hydrogens is 331 g/mol. The molecule has 2 aromatic rings. The fraction of sp³-hybridized carbons (Fsp3) is 0.350. The van der Waals surface area contributed by atoms with Crippen LogP contribution in [0.5, 0.6) is 5.75 Å². The summed E-state index contributed by atoms with van der Waals surface area (Å²) in [6, 6.07) is 14.5. The average molecular weight is 358 g/mol. The maximum atomic E-state index is 13.2. The van der Waals surface area contributed by atoms with Crippen molar-refractivity contribution in [3.63, 3.8) is 0 Å². The van der Waals surface area contributed by atoms with E-state index in [0.717, 1.165) is 0 Å². The van der Waals surface area contributed by atoms with Crippen molar-refractivity contribution < 1.29 is 9.13 Å².